The largest absolute Gasteiger partial charge is 0.472 e. The first kappa shape index (κ1) is 10.5. The van der Waals surface area contributed by atoms with Crippen LogP contribution in [0, 0.1) is 0 Å². The number of nitrogens with two attached hydrogens (primary N) is 1. The van der Waals surface area contributed by atoms with Gasteiger partial charge in [0.2, 0.25) is 5.88 Å². The molecule has 0 amide bonds. The number of ether oxygens (including phenoxy) is 1. The maximum atomic E-state index is 11.1. The second-order valence-corrected chi connectivity index (χ2v) is 2.94. The van der Waals surface area contributed by atoms with E-state index in [-0.39, 0.29) is 23.2 Å². The fourth-order valence-corrected chi connectivity index (χ4v) is 1.01. The summed E-state index contributed by atoms with van der Waals surface area (Å²) < 4.78 is 5.35. The average Bonchev–Trinajstić information content (AvgIpc) is 2.13. The molecule has 0 saturated heterocycles. The van der Waals surface area contributed by atoms with Crippen LogP contribution < -0.4 is 21.3 Å². The quantitative estimate of drug-likeness (QED) is 0.597. The Kier molecular flexibility index (Phi) is 3.47. The minimum Gasteiger partial charge on any atom is -0.472 e. The number of hydrogen-bond acceptors (Lipinski definition) is 5. The zero-order valence-corrected chi connectivity index (χ0v) is 8.20. The molecular weight excluding hydrogens is 184 g/mol. The molecule has 4 N–H and O–H groups in total. The smallest absolute Gasteiger partial charge is 0.277 e. The van der Waals surface area contributed by atoms with Crippen molar-refractivity contribution in [2.45, 2.75) is 13.0 Å². The summed E-state index contributed by atoms with van der Waals surface area (Å²) in [4.78, 5) is 17.3. The molecule has 78 valence electrons. The Morgan fingerprint density at radius 1 is 1.79 bits per heavy atom. The highest BCUT2D eigenvalue weighted by Gasteiger charge is 2.09. The van der Waals surface area contributed by atoms with Gasteiger partial charge in [0.05, 0.1) is 6.33 Å². The number of nitrogen functional groups attached to an aromatic ring is 1. The van der Waals surface area contributed by atoms with Gasteiger partial charge in [-0.2, -0.15) is 0 Å². The summed E-state index contributed by atoms with van der Waals surface area (Å²) in [6, 6.07) is 0. The number of nitrogens with zero attached hydrogens (tertiary/aromatic N) is 1. The van der Waals surface area contributed by atoms with Crippen molar-refractivity contribution < 1.29 is 4.74 Å². The Hall–Kier alpha value is -1.56. The number of anilines is 1. The highest BCUT2D eigenvalue weighted by Crippen LogP contribution is 2.12. The Morgan fingerprint density at radius 3 is 3.14 bits per heavy atom. The summed E-state index contributed by atoms with van der Waals surface area (Å²) in [6.45, 7) is 2.52. The molecule has 0 aromatic carbocycles. The molecule has 0 spiro atoms. The summed E-state index contributed by atoms with van der Waals surface area (Å²) in [6.07, 6.45) is 1.18. The first-order valence-corrected chi connectivity index (χ1v) is 4.29. The molecule has 0 aliphatic carbocycles. The predicted octanol–water partition coefficient (Wildman–Crippen LogP) is -0.661. The molecule has 1 aromatic rings. The van der Waals surface area contributed by atoms with E-state index in [9.17, 15) is 4.79 Å². The molecule has 0 saturated carbocycles. The van der Waals surface area contributed by atoms with Crippen molar-refractivity contribution in [2.75, 3.05) is 19.3 Å². The Balaban J connectivity index is 2.76. The highest BCUT2D eigenvalue weighted by molar-refractivity contribution is 5.44. The van der Waals surface area contributed by atoms with Crippen LogP contribution in [0.2, 0.25) is 0 Å². The lowest BCUT2D eigenvalue weighted by Crippen LogP contribution is -2.27. The van der Waals surface area contributed by atoms with Crippen molar-refractivity contribution in [3.05, 3.63) is 16.7 Å². The number of hydrogen-bond donors (Lipinski definition) is 3. The third-order valence-electron chi connectivity index (χ3n) is 1.66. The summed E-state index contributed by atoms with van der Waals surface area (Å²) in [5.74, 6) is 0.177. The number of aromatic nitrogens is 2. The number of nitrogens with one attached hydrogen (secondary N) is 2. The van der Waals surface area contributed by atoms with Crippen molar-refractivity contribution in [3.63, 3.8) is 0 Å². The van der Waals surface area contributed by atoms with Crippen LogP contribution in [0.3, 0.4) is 0 Å². The number of likely N-dealkylation sites (N-methyl/N-ethyl adjacent to an activating group) is 1. The third kappa shape index (κ3) is 2.46. The molecule has 1 heterocycles. The molecule has 14 heavy (non-hydrogen) atoms. The van der Waals surface area contributed by atoms with Crippen LogP contribution in [0.5, 0.6) is 5.88 Å². The van der Waals surface area contributed by atoms with Crippen LogP contribution >= 0.6 is 0 Å². The molecule has 0 aliphatic heterocycles. The fraction of sp³-hybridized carbons (Fsp3) is 0.500. The third-order valence-corrected chi connectivity index (χ3v) is 1.66. The summed E-state index contributed by atoms with van der Waals surface area (Å²) in [7, 11) is 1.81. The summed E-state index contributed by atoms with van der Waals surface area (Å²) in [5.41, 5.74) is 5.10. The normalized spacial score (nSPS) is 12.4. The van der Waals surface area contributed by atoms with Crippen LogP contribution in [0.15, 0.2) is 11.1 Å². The van der Waals surface area contributed by atoms with Gasteiger partial charge in [0.25, 0.3) is 5.56 Å². The lowest BCUT2D eigenvalue weighted by atomic mass is 10.4. The van der Waals surface area contributed by atoms with Gasteiger partial charge in [-0.25, -0.2) is 4.98 Å². The molecule has 0 radical (unpaired) electrons. The highest BCUT2D eigenvalue weighted by atomic mass is 16.5. The van der Waals surface area contributed by atoms with E-state index in [1.165, 1.54) is 6.33 Å². The van der Waals surface area contributed by atoms with Crippen molar-refractivity contribution in [3.8, 4) is 5.88 Å². The molecule has 6 heteroatoms. The lowest BCUT2D eigenvalue weighted by Gasteiger charge is -2.13. The maximum absolute atomic E-state index is 11.1. The van der Waals surface area contributed by atoms with Gasteiger partial charge < -0.3 is 20.8 Å². The van der Waals surface area contributed by atoms with Crippen LogP contribution in [0.25, 0.3) is 0 Å². The topological polar surface area (TPSA) is 93.0 Å². The number of aromatic amines is 1. The standard InChI is InChI=1S/C8H14N4O2/c1-5(3-10-2)14-8-6(9)7(13)11-4-12-8/h4-5,10H,3,9H2,1-2H3,(H,11,12,13). The first-order chi connectivity index (χ1) is 6.65. The van der Waals surface area contributed by atoms with Gasteiger partial charge in [-0.1, -0.05) is 0 Å². The molecule has 1 atom stereocenters. The van der Waals surface area contributed by atoms with Gasteiger partial charge >= 0.3 is 0 Å². The minimum absolute atomic E-state index is 0.00968. The van der Waals surface area contributed by atoms with E-state index in [2.05, 4.69) is 15.3 Å². The van der Waals surface area contributed by atoms with Gasteiger partial charge in [0, 0.05) is 6.54 Å². The van der Waals surface area contributed by atoms with E-state index < -0.39 is 0 Å². The zero-order chi connectivity index (χ0) is 10.6. The van der Waals surface area contributed by atoms with E-state index >= 15 is 0 Å². The van der Waals surface area contributed by atoms with Crippen LogP contribution in [0.1, 0.15) is 6.92 Å². The van der Waals surface area contributed by atoms with E-state index in [0.717, 1.165) is 0 Å². The van der Waals surface area contributed by atoms with Crippen molar-refractivity contribution in [1.82, 2.24) is 15.3 Å². The number of H-pyrrole nitrogens is 1. The van der Waals surface area contributed by atoms with Crippen molar-refractivity contribution >= 4 is 5.69 Å². The van der Waals surface area contributed by atoms with E-state index in [1.807, 2.05) is 14.0 Å². The van der Waals surface area contributed by atoms with Crippen LogP contribution in [-0.4, -0.2) is 29.7 Å². The zero-order valence-electron chi connectivity index (χ0n) is 8.20. The van der Waals surface area contributed by atoms with Crippen molar-refractivity contribution in [2.24, 2.45) is 0 Å². The SMILES string of the molecule is CNCC(C)Oc1nc[nH]c(=O)c1N. The fourth-order valence-electron chi connectivity index (χ4n) is 1.01. The second kappa shape index (κ2) is 4.61. The molecular formula is C8H14N4O2. The predicted molar refractivity (Wildman–Crippen MR) is 53.3 cm³/mol. The van der Waals surface area contributed by atoms with E-state index in [1.54, 1.807) is 0 Å². The van der Waals surface area contributed by atoms with E-state index in [0.29, 0.717) is 6.54 Å². The van der Waals surface area contributed by atoms with Gasteiger partial charge in [-0.3, -0.25) is 4.79 Å². The first-order valence-electron chi connectivity index (χ1n) is 4.29. The monoisotopic (exact) mass is 198 g/mol. The minimum atomic E-state index is -0.383. The molecule has 1 aromatic heterocycles. The van der Waals surface area contributed by atoms with Gasteiger partial charge in [0.1, 0.15) is 6.10 Å². The Morgan fingerprint density at radius 2 is 2.50 bits per heavy atom. The maximum Gasteiger partial charge on any atom is 0.277 e. The lowest BCUT2D eigenvalue weighted by molar-refractivity contribution is 0.212. The molecule has 1 rings (SSSR count). The summed E-state index contributed by atoms with van der Waals surface area (Å²) >= 11 is 0. The number of rotatable bonds is 4. The summed E-state index contributed by atoms with van der Waals surface area (Å²) in [5, 5.41) is 2.94. The second-order valence-electron chi connectivity index (χ2n) is 2.94. The Bertz CT molecular complexity index is 349. The molecule has 0 fully saturated rings. The molecule has 0 aliphatic rings. The molecule has 6 nitrogen and oxygen atoms in total. The molecule has 0 bridgehead atoms. The van der Waals surface area contributed by atoms with Crippen LogP contribution in [0.4, 0.5) is 5.69 Å². The molecule has 1 unspecified atom stereocenters. The van der Waals surface area contributed by atoms with Gasteiger partial charge in [-0.05, 0) is 14.0 Å². The van der Waals surface area contributed by atoms with Crippen LogP contribution in [-0.2, 0) is 0 Å². The van der Waals surface area contributed by atoms with E-state index in [4.69, 9.17) is 10.5 Å². The van der Waals surface area contributed by atoms with Gasteiger partial charge in [0.15, 0.2) is 5.69 Å². The average molecular weight is 198 g/mol. The van der Waals surface area contributed by atoms with Gasteiger partial charge in [-0.15, -0.1) is 0 Å². The van der Waals surface area contributed by atoms with Crippen molar-refractivity contribution in [1.29, 1.82) is 0 Å². The Labute approximate surface area is 81.5 Å².